The number of hydrogen-bond acceptors (Lipinski definition) is 6. The van der Waals surface area contributed by atoms with Gasteiger partial charge in [-0.2, -0.15) is 0 Å². The molecule has 0 bridgehead atoms. The zero-order valence-corrected chi connectivity index (χ0v) is 41.8. The lowest BCUT2D eigenvalue weighted by Crippen LogP contribution is -2.30. The molecule has 0 aliphatic heterocycles. The van der Waals surface area contributed by atoms with E-state index in [0.717, 1.165) is 64.2 Å². The van der Waals surface area contributed by atoms with Crippen LogP contribution in [0.15, 0.2) is 48.6 Å². The van der Waals surface area contributed by atoms with Crippen molar-refractivity contribution in [1.82, 2.24) is 0 Å². The fourth-order valence-electron chi connectivity index (χ4n) is 7.72. The minimum atomic E-state index is -0.799. The molecule has 6 nitrogen and oxygen atoms in total. The van der Waals surface area contributed by atoms with Crippen molar-refractivity contribution in [3.05, 3.63) is 48.6 Å². The van der Waals surface area contributed by atoms with Crippen LogP contribution in [0, 0.1) is 0 Å². The lowest BCUT2D eigenvalue weighted by Gasteiger charge is -2.18. The van der Waals surface area contributed by atoms with Gasteiger partial charge in [-0.3, -0.25) is 14.4 Å². The lowest BCUT2D eigenvalue weighted by molar-refractivity contribution is -0.166. The predicted molar refractivity (Wildman–Crippen MR) is 270 cm³/mol. The molecule has 6 heteroatoms. The molecule has 0 aromatic rings. The molecular weight excluding hydrogens is 781 g/mol. The van der Waals surface area contributed by atoms with Gasteiger partial charge in [0.15, 0.2) is 6.10 Å². The minimum absolute atomic E-state index is 0.0924. The SMILES string of the molecule is CCCCC/C=C\C=C/CCCCCCCCC(=O)OC(COC(=O)CC/C=C\C/C=C\CCCCCCCC)COC(=O)CCCCCCCCCCCCCCCCCCC. The summed E-state index contributed by atoms with van der Waals surface area (Å²) in [5.41, 5.74) is 0. The second-order valence-corrected chi connectivity index (χ2v) is 18.2. The summed E-state index contributed by atoms with van der Waals surface area (Å²) in [7, 11) is 0. The molecule has 63 heavy (non-hydrogen) atoms. The molecule has 0 aliphatic rings. The first-order chi connectivity index (χ1) is 31.0. The Kier molecular flexibility index (Phi) is 49.8. The first kappa shape index (κ1) is 60.4. The third kappa shape index (κ3) is 50.2. The minimum Gasteiger partial charge on any atom is -0.462 e. The van der Waals surface area contributed by atoms with Crippen LogP contribution in [-0.4, -0.2) is 37.2 Å². The summed E-state index contributed by atoms with van der Waals surface area (Å²) in [5, 5.41) is 0. The van der Waals surface area contributed by atoms with Crippen molar-refractivity contribution in [1.29, 1.82) is 0 Å². The summed E-state index contributed by atoms with van der Waals surface area (Å²) in [5.74, 6) is -0.965. The number of rotatable bonds is 49. The molecular formula is C57H102O6. The number of esters is 3. The number of unbranched alkanes of at least 4 members (excludes halogenated alkanes) is 31. The van der Waals surface area contributed by atoms with E-state index in [-0.39, 0.29) is 37.5 Å². The smallest absolute Gasteiger partial charge is 0.306 e. The zero-order chi connectivity index (χ0) is 45.8. The topological polar surface area (TPSA) is 78.9 Å². The monoisotopic (exact) mass is 883 g/mol. The molecule has 0 radical (unpaired) electrons. The normalized spacial score (nSPS) is 12.4. The molecule has 0 spiro atoms. The Morgan fingerprint density at radius 1 is 0.333 bits per heavy atom. The Labute approximate surface area is 390 Å². The van der Waals surface area contributed by atoms with E-state index in [2.05, 4.69) is 63.3 Å². The summed E-state index contributed by atoms with van der Waals surface area (Å²) in [6.07, 6.45) is 62.5. The number of ether oxygens (including phenoxy) is 3. The highest BCUT2D eigenvalue weighted by Crippen LogP contribution is 2.16. The third-order valence-electron chi connectivity index (χ3n) is 11.8. The molecule has 366 valence electrons. The van der Waals surface area contributed by atoms with Crippen LogP contribution in [0.25, 0.3) is 0 Å². The number of hydrogen-bond donors (Lipinski definition) is 0. The van der Waals surface area contributed by atoms with Crippen molar-refractivity contribution in [3.63, 3.8) is 0 Å². The molecule has 0 aliphatic carbocycles. The van der Waals surface area contributed by atoms with Crippen LogP contribution in [0.4, 0.5) is 0 Å². The maximum absolute atomic E-state index is 12.8. The molecule has 1 unspecified atom stereocenters. The fourth-order valence-corrected chi connectivity index (χ4v) is 7.72. The maximum Gasteiger partial charge on any atom is 0.306 e. The predicted octanol–water partition coefficient (Wildman–Crippen LogP) is 17.9. The third-order valence-corrected chi connectivity index (χ3v) is 11.8. The first-order valence-electron chi connectivity index (χ1n) is 27.2. The van der Waals surface area contributed by atoms with Crippen LogP contribution in [0.5, 0.6) is 0 Å². The van der Waals surface area contributed by atoms with Gasteiger partial charge >= 0.3 is 17.9 Å². The van der Waals surface area contributed by atoms with Gasteiger partial charge in [0.25, 0.3) is 0 Å². The highest BCUT2D eigenvalue weighted by Gasteiger charge is 2.19. The largest absolute Gasteiger partial charge is 0.462 e. The van der Waals surface area contributed by atoms with E-state index in [0.29, 0.717) is 19.3 Å². The van der Waals surface area contributed by atoms with E-state index >= 15 is 0 Å². The Bertz CT molecular complexity index is 1110. The zero-order valence-electron chi connectivity index (χ0n) is 41.8. The van der Waals surface area contributed by atoms with E-state index < -0.39 is 6.10 Å². The fraction of sp³-hybridized carbons (Fsp3) is 0.807. The van der Waals surface area contributed by atoms with Gasteiger partial charge in [-0.25, -0.2) is 0 Å². The highest BCUT2D eigenvalue weighted by molar-refractivity contribution is 5.71. The average molecular weight is 883 g/mol. The van der Waals surface area contributed by atoms with Crippen molar-refractivity contribution < 1.29 is 28.6 Å². The van der Waals surface area contributed by atoms with Crippen molar-refractivity contribution >= 4 is 17.9 Å². The van der Waals surface area contributed by atoms with Crippen molar-refractivity contribution in [2.45, 2.75) is 284 Å². The second-order valence-electron chi connectivity index (χ2n) is 18.2. The summed E-state index contributed by atoms with van der Waals surface area (Å²) >= 11 is 0. The van der Waals surface area contributed by atoms with Gasteiger partial charge < -0.3 is 14.2 Å². The van der Waals surface area contributed by atoms with Crippen molar-refractivity contribution in [2.24, 2.45) is 0 Å². The second kappa shape index (κ2) is 52.0. The molecule has 0 heterocycles. The summed E-state index contributed by atoms with van der Waals surface area (Å²) in [6.45, 7) is 6.56. The Balaban J connectivity index is 4.41. The maximum atomic E-state index is 12.8. The summed E-state index contributed by atoms with van der Waals surface area (Å²) < 4.78 is 16.8. The molecule has 0 amide bonds. The lowest BCUT2D eigenvalue weighted by atomic mass is 10.0. The molecule has 0 saturated heterocycles. The Morgan fingerprint density at radius 3 is 1.10 bits per heavy atom. The Hall–Kier alpha value is -2.63. The first-order valence-corrected chi connectivity index (χ1v) is 27.2. The van der Waals surface area contributed by atoms with Gasteiger partial charge in [0.05, 0.1) is 0 Å². The van der Waals surface area contributed by atoms with E-state index in [1.165, 1.54) is 167 Å². The van der Waals surface area contributed by atoms with Crippen LogP contribution in [-0.2, 0) is 28.6 Å². The highest BCUT2D eigenvalue weighted by atomic mass is 16.6. The van der Waals surface area contributed by atoms with Gasteiger partial charge in [-0.1, -0.05) is 243 Å². The van der Waals surface area contributed by atoms with E-state index in [1.807, 2.05) is 6.08 Å². The molecule has 0 aromatic carbocycles. The van der Waals surface area contributed by atoms with Crippen LogP contribution < -0.4 is 0 Å². The molecule has 0 fully saturated rings. The molecule has 0 saturated carbocycles. The van der Waals surface area contributed by atoms with E-state index in [1.54, 1.807) is 0 Å². The average Bonchev–Trinajstić information content (AvgIpc) is 3.28. The van der Waals surface area contributed by atoms with Gasteiger partial charge in [0.1, 0.15) is 13.2 Å². The summed E-state index contributed by atoms with van der Waals surface area (Å²) in [6, 6.07) is 0. The van der Waals surface area contributed by atoms with Crippen LogP contribution >= 0.6 is 0 Å². The number of allylic oxidation sites excluding steroid dienone is 8. The van der Waals surface area contributed by atoms with Gasteiger partial charge in [0, 0.05) is 19.3 Å². The van der Waals surface area contributed by atoms with Crippen LogP contribution in [0.2, 0.25) is 0 Å². The van der Waals surface area contributed by atoms with Gasteiger partial charge in [0.2, 0.25) is 0 Å². The van der Waals surface area contributed by atoms with Crippen LogP contribution in [0.1, 0.15) is 278 Å². The number of carbonyl (C=O) groups is 3. The Morgan fingerprint density at radius 2 is 0.651 bits per heavy atom. The van der Waals surface area contributed by atoms with E-state index in [9.17, 15) is 14.4 Å². The van der Waals surface area contributed by atoms with Crippen molar-refractivity contribution in [3.8, 4) is 0 Å². The molecule has 0 rings (SSSR count). The number of carbonyl (C=O) groups excluding carboxylic acids is 3. The van der Waals surface area contributed by atoms with Gasteiger partial charge in [-0.05, 0) is 64.2 Å². The van der Waals surface area contributed by atoms with Gasteiger partial charge in [-0.15, -0.1) is 0 Å². The van der Waals surface area contributed by atoms with Crippen molar-refractivity contribution in [2.75, 3.05) is 13.2 Å². The quantitative estimate of drug-likeness (QED) is 0.0199. The molecule has 0 aromatic heterocycles. The van der Waals surface area contributed by atoms with E-state index in [4.69, 9.17) is 14.2 Å². The standard InChI is InChI=1S/C57H102O6/c1-4-7-10-13-16-19-22-25-27-28-30-32-35-38-41-44-47-50-56(59)62-53-54(52-61-55(58)49-46-43-40-37-34-31-24-21-18-15-12-9-6-3)63-57(60)51-48-45-42-39-36-33-29-26-23-20-17-14-11-8-5-2/h17,20,23,26,31,34,40,43,54H,4-16,18-19,21-22,24-25,27-30,32-33,35-39,41-42,44-53H2,1-3H3/b20-17-,26-23-,34-31-,43-40-. The van der Waals surface area contributed by atoms with Crippen LogP contribution in [0.3, 0.4) is 0 Å². The molecule has 1 atom stereocenters. The summed E-state index contributed by atoms with van der Waals surface area (Å²) in [4.78, 5) is 38.0. The molecule has 0 N–H and O–H groups in total.